The quantitative estimate of drug-likeness (QED) is 0.558. The zero-order valence-electron chi connectivity index (χ0n) is 20.1. The predicted octanol–water partition coefficient (Wildman–Crippen LogP) is 3.52. The number of carboxylic acid groups (broad SMARTS) is 1. The first-order chi connectivity index (χ1) is 16.7. The van der Waals surface area contributed by atoms with E-state index in [0.29, 0.717) is 12.8 Å². The van der Waals surface area contributed by atoms with Crippen molar-refractivity contribution in [2.24, 2.45) is 0 Å². The fraction of sp³-hybridized carbons (Fsp3) is 0.444. The molecule has 0 unspecified atom stereocenters. The van der Waals surface area contributed by atoms with Gasteiger partial charge in [-0.15, -0.1) is 0 Å². The molecule has 1 aliphatic carbocycles. The Kier molecular flexibility index (Phi) is 6.85. The van der Waals surface area contributed by atoms with Gasteiger partial charge in [-0.25, -0.2) is 9.59 Å². The third-order valence-corrected chi connectivity index (χ3v) is 7.58. The van der Waals surface area contributed by atoms with Crippen molar-refractivity contribution in [3.63, 3.8) is 0 Å². The molecule has 2 aromatic carbocycles. The van der Waals surface area contributed by atoms with Gasteiger partial charge < -0.3 is 25.2 Å². The van der Waals surface area contributed by atoms with Crippen molar-refractivity contribution >= 4 is 18.0 Å². The van der Waals surface area contributed by atoms with Crippen LogP contribution in [0.2, 0.25) is 0 Å². The Balaban J connectivity index is 1.43. The summed E-state index contributed by atoms with van der Waals surface area (Å²) in [6.07, 6.45) is -0.0632. The number of carbonyl (C=O) groups is 3. The zero-order chi connectivity index (χ0) is 25.2. The molecule has 35 heavy (non-hydrogen) atoms. The van der Waals surface area contributed by atoms with Gasteiger partial charge >= 0.3 is 12.1 Å². The highest BCUT2D eigenvalue weighted by Gasteiger charge is 2.45. The van der Waals surface area contributed by atoms with Crippen LogP contribution in [0.25, 0.3) is 11.1 Å². The van der Waals surface area contributed by atoms with E-state index < -0.39 is 23.2 Å². The average Bonchev–Trinajstić information content (AvgIpc) is 3.20. The lowest BCUT2D eigenvalue weighted by Crippen LogP contribution is -2.62. The highest BCUT2D eigenvalue weighted by molar-refractivity contribution is 5.90. The third kappa shape index (κ3) is 4.50. The summed E-state index contributed by atoms with van der Waals surface area (Å²) in [5, 5.41) is 22.2. The third-order valence-electron chi connectivity index (χ3n) is 7.58. The van der Waals surface area contributed by atoms with E-state index in [-0.39, 0.29) is 44.4 Å². The monoisotopic (exact) mass is 480 g/mol. The maximum atomic E-state index is 13.4. The number of benzene rings is 2. The first-order valence-electron chi connectivity index (χ1n) is 12.1. The summed E-state index contributed by atoms with van der Waals surface area (Å²) in [7, 11) is 0. The van der Waals surface area contributed by atoms with Crippen molar-refractivity contribution in [1.82, 2.24) is 10.2 Å². The normalized spacial score (nSPS) is 16.8. The molecule has 3 N–H and O–H groups in total. The van der Waals surface area contributed by atoms with Gasteiger partial charge in [0.25, 0.3) is 0 Å². The number of hydrogen-bond acceptors (Lipinski definition) is 5. The molecule has 1 heterocycles. The van der Waals surface area contributed by atoms with E-state index >= 15 is 0 Å². The lowest BCUT2D eigenvalue weighted by atomic mass is 9.87. The second-order valence-electron chi connectivity index (χ2n) is 9.37. The van der Waals surface area contributed by atoms with E-state index in [1.807, 2.05) is 50.2 Å². The number of carboxylic acids is 1. The summed E-state index contributed by atoms with van der Waals surface area (Å²) in [4.78, 5) is 39.2. The van der Waals surface area contributed by atoms with Gasteiger partial charge in [0, 0.05) is 31.8 Å². The van der Waals surface area contributed by atoms with Crippen LogP contribution in [0.3, 0.4) is 0 Å². The molecular weight excluding hydrogens is 448 g/mol. The Morgan fingerprint density at radius 2 is 1.51 bits per heavy atom. The van der Waals surface area contributed by atoms with Crippen molar-refractivity contribution in [3.8, 4) is 11.1 Å². The first kappa shape index (κ1) is 24.7. The Morgan fingerprint density at radius 1 is 1.00 bits per heavy atom. The number of piperidine rings is 1. The molecular formula is C27H32N2O6. The number of hydrogen-bond donors (Lipinski definition) is 3. The van der Waals surface area contributed by atoms with E-state index in [1.54, 1.807) is 0 Å². The van der Waals surface area contributed by atoms with E-state index in [4.69, 9.17) is 4.74 Å². The minimum atomic E-state index is -1.82. The van der Waals surface area contributed by atoms with Gasteiger partial charge in [-0.2, -0.15) is 0 Å². The number of aliphatic hydroxyl groups is 1. The summed E-state index contributed by atoms with van der Waals surface area (Å²) in [6.45, 7) is 4.00. The summed E-state index contributed by atoms with van der Waals surface area (Å²) >= 11 is 0. The topological polar surface area (TPSA) is 116 Å². The van der Waals surface area contributed by atoms with Gasteiger partial charge in [-0.1, -0.05) is 62.4 Å². The first-order valence-corrected chi connectivity index (χ1v) is 12.1. The number of rotatable bonds is 7. The van der Waals surface area contributed by atoms with E-state index in [9.17, 15) is 24.6 Å². The van der Waals surface area contributed by atoms with E-state index in [2.05, 4.69) is 17.4 Å². The summed E-state index contributed by atoms with van der Waals surface area (Å²) in [5.74, 6) is -1.65. The van der Waals surface area contributed by atoms with Gasteiger partial charge in [0.1, 0.15) is 12.1 Å². The molecule has 4 rings (SSSR count). The highest BCUT2D eigenvalue weighted by atomic mass is 16.5. The lowest BCUT2D eigenvalue weighted by Gasteiger charge is -2.41. The molecule has 0 spiro atoms. The highest BCUT2D eigenvalue weighted by Crippen LogP contribution is 2.44. The molecule has 186 valence electrons. The van der Waals surface area contributed by atoms with Gasteiger partial charge in [0.05, 0.1) is 0 Å². The number of ether oxygens (including phenoxy) is 1. The Hall–Kier alpha value is -3.39. The molecule has 0 aromatic heterocycles. The molecule has 8 heteroatoms. The van der Waals surface area contributed by atoms with Crippen LogP contribution in [0.5, 0.6) is 0 Å². The van der Waals surface area contributed by atoms with Gasteiger partial charge in [-0.3, -0.25) is 4.79 Å². The Bertz CT molecular complexity index is 1070. The van der Waals surface area contributed by atoms with Crippen LogP contribution in [0.4, 0.5) is 4.79 Å². The number of amides is 2. The number of aliphatic carboxylic acids is 1. The molecule has 0 atom stereocenters. The maximum absolute atomic E-state index is 13.4. The minimum Gasteiger partial charge on any atom is -0.479 e. The summed E-state index contributed by atoms with van der Waals surface area (Å²) < 4.78 is 5.66. The molecule has 0 radical (unpaired) electrons. The molecule has 0 bridgehead atoms. The molecule has 2 aromatic rings. The number of likely N-dealkylation sites (tertiary alicyclic amines) is 1. The smallest absolute Gasteiger partial charge is 0.408 e. The number of fused-ring (bicyclic) bond motifs is 3. The second kappa shape index (κ2) is 9.70. The van der Waals surface area contributed by atoms with Gasteiger partial charge in [-0.05, 0) is 35.1 Å². The predicted molar refractivity (Wildman–Crippen MR) is 130 cm³/mol. The molecule has 1 fully saturated rings. The zero-order valence-corrected chi connectivity index (χ0v) is 20.1. The summed E-state index contributed by atoms with van der Waals surface area (Å²) in [5.41, 5.74) is 1.49. The molecule has 1 aliphatic heterocycles. The van der Waals surface area contributed by atoms with E-state index in [1.165, 1.54) is 4.90 Å². The second-order valence-corrected chi connectivity index (χ2v) is 9.37. The number of nitrogens with one attached hydrogen (secondary N) is 1. The van der Waals surface area contributed by atoms with Crippen LogP contribution in [0, 0.1) is 0 Å². The standard InChI is InChI=1S/C27H32N2O6/c1-3-26(4-2,23(30)29-15-13-27(34,14-16-29)24(31)32)28-25(33)35-17-22-20-11-7-5-9-18(20)19-10-6-8-12-21(19)22/h5-12,22,34H,3-4,13-17H2,1-2H3,(H,28,33)(H,31,32). The molecule has 0 saturated carbocycles. The summed E-state index contributed by atoms with van der Waals surface area (Å²) in [6, 6.07) is 16.1. The Morgan fingerprint density at radius 3 is 2.00 bits per heavy atom. The number of alkyl carbamates (subject to hydrolysis) is 1. The largest absolute Gasteiger partial charge is 0.479 e. The van der Waals surface area contributed by atoms with Crippen LogP contribution < -0.4 is 5.32 Å². The van der Waals surface area contributed by atoms with Crippen LogP contribution in [0.1, 0.15) is 56.6 Å². The van der Waals surface area contributed by atoms with Crippen LogP contribution in [-0.2, 0) is 14.3 Å². The van der Waals surface area contributed by atoms with Crippen molar-refractivity contribution in [2.45, 2.75) is 56.6 Å². The van der Waals surface area contributed by atoms with Crippen molar-refractivity contribution in [1.29, 1.82) is 0 Å². The van der Waals surface area contributed by atoms with Gasteiger partial charge in [0.15, 0.2) is 5.60 Å². The molecule has 2 amide bonds. The van der Waals surface area contributed by atoms with Crippen molar-refractivity contribution < 1.29 is 29.3 Å². The van der Waals surface area contributed by atoms with Gasteiger partial charge in [0.2, 0.25) is 5.91 Å². The Labute approximate surface area is 204 Å². The van der Waals surface area contributed by atoms with Crippen molar-refractivity contribution in [3.05, 3.63) is 59.7 Å². The van der Waals surface area contributed by atoms with E-state index in [0.717, 1.165) is 22.3 Å². The van der Waals surface area contributed by atoms with Crippen LogP contribution in [-0.4, -0.2) is 63.9 Å². The number of carbonyl (C=O) groups excluding carboxylic acids is 2. The fourth-order valence-electron chi connectivity index (χ4n) is 5.21. The molecule has 8 nitrogen and oxygen atoms in total. The van der Waals surface area contributed by atoms with Crippen molar-refractivity contribution in [2.75, 3.05) is 19.7 Å². The lowest BCUT2D eigenvalue weighted by molar-refractivity contribution is -0.166. The average molecular weight is 481 g/mol. The minimum absolute atomic E-state index is 0.0530. The SMILES string of the molecule is CCC(CC)(NC(=O)OCC1c2ccccc2-c2ccccc21)C(=O)N1CCC(O)(C(=O)O)CC1. The molecule has 1 saturated heterocycles. The fourth-order valence-corrected chi connectivity index (χ4v) is 5.21. The van der Waals surface area contributed by atoms with Crippen LogP contribution in [0.15, 0.2) is 48.5 Å². The maximum Gasteiger partial charge on any atom is 0.408 e. The molecule has 2 aliphatic rings. The van der Waals surface area contributed by atoms with Crippen LogP contribution >= 0.6 is 0 Å². The number of nitrogens with zero attached hydrogens (tertiary/aromatic N) is 1.